The molecule has 6 heteroatoms. The topological polar surface area (TPSA) is 31.7 Å². The fourth-order valence-corrected chi connectivity index (χ4v) is 5.02. The summed E-state index contributed by atoms with van der Waals surface area (Å²) in [6.45, 7) is 7.19. The smallest absolute Gasteiger partial charge is 0.165 e. The third kappa shape index (κ3) is 4.90. The van der Waals surface area contributed by atoms with Crippen LogP contribution in [0.15, 0.2) is 30.5 Å². The highest BCUT2D eigenvalue weighted by atomic mass is 35.5. The van der Waals surface area contributed by atoms with E-state index in [1.165, 1.54) is 16.9 Å². The van der Waals surface area contributed by atoms with Crippen LogP contribution in [-0.2, 0) is 19.5 Å². The number of anilines is 1. The number of ketones is 1. The molecule has 0 unspecified atom stereocenters. The first-order valence-corrected chi connectivity index (χ1v) is 11.5. The van der Waals surface area contributed by atoms with Gasteiger partial charge in [-0.1, -0.05) is 17.7 Å². The Morgan fingerprint density at radius 2 is 1.87 bits per heavy atom. The molecule has 30 heavy (non-hydrogen) atoms. The van der Waals surface area contributed by atoms with Crippen molar-refractivity contribution in [2.45, 2.75) is 38.8 Å². The molecule has 0 atom stereocenters. The van der Waals surface area contributed by atoms with Crippen molar-refractivity contribution in [1.29, 1.82) is 0 Å². The number of piperazine rings is 1. The number of hydrogen-bond acceptors (Lipinski definition) is 4. The second kappa shape index (κ2) is 9.54. The van der Waals surface area contributed by atoms with Crippen molar-refractivity contribution in [3.63, 3.8) is 0 Å². The highest BCUT2D eigenvalue weighted by Crippen LogP contribution is 2.28. The number of benzene rings is 1. The second-order valence-electron chi connectivity index (χ2n) is 8.85. The van der Waals surface area contributed by atoms with Crippen LogP contribution in [0.25, 0.3) is 0 Å². The number of aromatic nitrogens is 1. The Labute approximate surface area is 185 Å². The Bertz CT molecular complexity index is 883. The van der Waals surface area contributed by atoms with E-state index in [2.05, 4.69) is 51.7 Å². The van der Waals surface area contributed by atoms with Gasteiger partial charge < -0.3 is 14.4 Å². The molecule has 0 N–H and O–H groups in total. The van der Waals surface area contributed by atoms with Gasteiger partial charge in [0.25, 0.3) is 0 Å². The van der Waals surface area contributed by atoms with Gasteiger partial charge in [-0.3, -0.25) is 9.69 Å². The standard InChI is InChI=1S/C24H33ClN4O/c1-26(2)17-19-18-29(22-8-4-9-23(30)24(19)22)11-5-10-27-12-14-28(15-13-27)21-7-3-6-20(25)16-21/h3,6-7,16,18H,4-5,8-15,17H2,1-2H3. The van der Waals surface area contributed by atoms with Gasteiger partial charge in [-0.05, 0) is 63.7 Å². The Kier molecular flexibility index (Phi) is 6.81. The second-order valence-corrected chi connectivity index (χ2v) is 9.28. The quantitative estimate of drug-likeness (QED) is 0.668. The zero-order chi connectivity index (χ0) is 21.1. The summed E-state index contributed by atoms with van der Waals surface area (Å²) in [5.41, 5.74) is 4.72. The number of nitrogens with zero attached hydrogens (tertiary/aromatic N) is 4. The molecule has 5 nitrogen and oxygen atoms in total. The van der Waals surface area contributed by atoms with Crippen LogP contribution in [0.4, 0.5) is 5.69 Å². The summed E-state index contributed by atoms with van der Waals surface area (Å²) >= 11 is 6.15. The van der Waals surface area contributed by atoms with Gasteiger partial charge in [0.05, 0.1) is 0 Å². The predicted molar refractivity (Wildman–Crippen MR) is 124 cm³/mol. The minimum absolute atomic E-state index is 0.337. The molecular formula is C24H33ClN4O. The summed E-state index contributed by atoms with van der Waals surface area (Å²) in [5.74, 6) is 0.337. The van der Waals surface area contributed by atoms with E-state index in [1.54, 1.807) is 0 Å². The molecule has 0 radical (unpaired) electrons. The summed E-state index contributed by atoms with van der Waals surface area (Å²) < 4.78 is 2.37. The summed E-state index contributed by atoms with van der Waals surface area (Å²) in [6.07, 6.45) is 6.09. The molecule has 0 spiro atoms. The molecule has 1 fully saturated rings. The highest BCUT2D eigenvalue weighted by molar-refractivity contribution is 6.30. The van der Waals surface area contributed by atoms with E-state index < -0.39 is 0 Å². The Morgan fingerprint density at radius 1 is 1.07 bits per heavy atom. The van der Waals surface area contributed by atoms with Crippen LogP contribution in [-0.4, -0.2) is 67.0 Å². The van der Waals surface area contributed by atoms with E-state index >= 15 is 0 Å². The first-order valence-electron chi connectivity index (χ1n) is 11.1. The van der Waals surface area contributed by atoms with Crippen LogP contribution in [0.3, 0.4) is 0 Å². The largest absolute Gasteiger partial charge is 0.369 e. The molecule has 0 bridgehead atoms. The normalized spacial score (nSPS) is 17.6. The number of halogens is 1. The van der Waals surface area contributed by atoms with Gasteiger partial charge in [0.15, 0.2) is 5.78 Å². The van der Waals surface area contributed by atoms with Gasteiger partial charge in [0.1, 0.15) is 0 Å². The lowest BCUT2D eigenvalue weighted by molar-refractivity contribution is 0.0970. The maximum absolute atomic E-state index is 12.5. The van der Waals surface area contributed by atoms with E-state index in [4.69, 9.17) is 11.6 Å². The SMILES string of the molecule is CN(C)Cc1cn(CCCN2CCN(c3cccc(Cl)c3)CC2)c2c1C(=O)CCC2. The molecule has 2 aromatic rings. The van der Waals surface area contributed by atoms with Crippen LogP contribution in [0, 0.1) is 0 Å². The van der Waals surface area contributed by atoms with Crippen LogP contribution < -0.4 is 4.90 Å². The molecule has 0 saturated carbocycles. The fraction of sp³-hybridized carbons (Fsp3) is 0.542. The van der Waals surface area contributed by atoms with Gasteiger partial charge in [0.2, 0.25) is 0 Å². The van der Waals surface area contributed by atoms with Crippen molar-refractivity contribution < 1.29 is 4.79 Å². The molecule has 2 aliphatic rings. The van der Waals surface area contributed by atoms with Crippen molar-refractivity contribution in [2.75, 3.05) is 51.7 Å². The van der Waals surface area contributed by atoms with E-state index in [-0.39, 0.29) is 0 Å². The van der Waals surface area contributed by atoms with Crippen LogP contribution >= 0.6 is 11.6 Å². The molecular weight excluding hydrogens is 396 g/mol. The first kappa shape index (κ1) is 21.4. The van der Waals surface area contributed by atoms with Gasteiger partial charge in [-0.2, -0.15) is 0 Å². The van der Waals surface area contributed by atoms with E-state index in [0.717, 1.165) is 75.7 Å². The number of carbonyl (C=O) groups is 1. The summed E-state index contributed by atoms with van der Waals surface area (Å²) in [5, 5.41) is 0.803. The fourth-order valence-electron chi connectivity index (χ4n) is 4.84. The molecule has 0 amide bonds. The number of rotatable bonds is 7. The van der Waals surface area contributed by atoms with E-state index in [9.17, 15) is 4.79 Å². The minimum atomic E-state index is 0.337. The van der Waals surface area contributed by atoms with Gasteiger partial charge in [0, 0.05) is 73.9 Å². The number of aryl methyl sites for hydroxylation is 1. The zero-order valence-electron chi connectivity index (χ0n) is 18.2. The van der Waals surface area contributed by atoms with Gasteiger partial charge >= 0.3 is 0 Å². The Morgan fingerprint density at radius 3 is 2.60 bits per heavy atom. The lowest BCUT2D eigenvalue weighted by Gasteiger charge is -2.36. The maximum atomic E-state index is 12.5. The van der Waals surface area contributed by atoms with Gasteiger partial charge in [-0.15, -0.1) is 0 Å². The maximum Gasteiger partial charge on any atom is 0.165 e. The van der Waals surface area contributed by atoms with Crippen molar-refractivity contribution in [1.82, 2.24) is 14.4 Å². The molecule has 1 aromatic carbocycles. The molecule has 1 saturated heterocycles. The van der Waals surface area contributed by atoms with Crippen LogP contribution in [0.1, 0.15) is 40.9 Å². The number of Topliss-reactive ketones (excluding diaryl/α,β-unsaturated/α-hetero) is 1. The van der Waals surface area contributed by atoms with Crippen molar-refractivity contribution in [3.05, 3.63) is 52.3 Å². The third-order valence-electron chi connectivity index (χ3n) is 6.27. The van der Waals surface area contributed by atoms with Crippen molar-refractivity contribution in [3.8, 4) is 0 Å². The molecule has 2 heterocycles. The minimum Gasteiger partial charge on any atom is -0.369 e. The lowest BCUT2D eigenvalue weighted by atomic mass is 9.93. The summed E-state index contributed by atoms with van der Waals surface area (Å²) in [7, 11) is 4.14. The molecule has 1 aromatic heterocycles. The Balaban J connectivity index is 1.31. The number of fused-ring (bicyclic) bond motifs is 1. The summed E-state index contributed by atoms with van der Waals surface area (Å²) in [6, 6.07) is 8.15. The molecule has 4 rings (SSSR count). The average molecular weight is 429 g/mol. The van der Waals surface area contributed by atoms with Crippen LogP contribution in [0.5, 0.6) is 0 Å². The van der Waals surface area contributed by atoms with E-state index in [0.29, 0.717) is 12.2 Å². The monoisotopic (exact) mass is 428 g/mol. The van der Waals surface area contributed by atoms with Crippen LogP contribution in [0.2, 0.25) is 5.02 Å². The summed E-state index contributed by atoms with van der Waals surface area (Å²) in [4.78, 5) is 19.7. The van der Waals surface area contributed by atoms with Crippen molar-refractivity contribution in [2.24, 2.45) is 0 Å². The number of hydrogen-bond donors (Lipinski definition) is 0. The highest BCUT2D eigenvalue weighted by Gasteiger charge is 2.25. The van der Waals surface area contributed by atoms with Crippen molar-refractivity contribution >= 4 is 23.1 Å². The lowest BCUT2D eigenvalue weighted by Crippen LogP contribution is -2.46. The molecule has 162 valence electrons. The number of carbonyl (C=O) groups excluding carboxylic acids is 1. The molecule has 1 aliphatic carbocycles. The van der Waals surface area contributed by atoms with Gasteiger partial charge in [-0.25, -0.2) is 0 Å². The Hall–Kier alpha value is -1.82. The van der Waals surface area contributed by atoms with E-state index in [1.807, 2.05) is 12.1 Å². The third-order valence-corrected chi connectivity index (χ3v) is 6.50. The predicted octanol–water partition coefficient (Wildman–Crippen LogP) is 3.93. The average Bonchev–Trinajstić information content (AvgIpc) is 3.06. The molecule has 1 aliphatic heterocycles. The first-order chi connectivity index (χ1) is 14.5. The zero-order valence-corrected chi connectivity index (χ0v) is 19.0.